The normalized spacial score (nSPS) is 16.3. The van der Waals surface area contributed by atoms with Gasteiger partial charge in [-0.15, -0.1) is 0 Å². The number of anilines is 2. The van der Waals surface area contributed by atoms with Crippen LogP contribution >= 0.6 is 23.2 Å². The van der Waals surface area contributed by atoms with E-state index in [1.807, 2.05) is 6.92 Å². The van der Waals surface area contributed by atoms with Crippen molar-refractivity contribution in [1.82, 2.24) is 0 Å². The minimum atomic E-state index is -3.35. The van der Waals surface area contributed by atoms with Crippen LogP contribution in [0.25, 0.3) is 0 Å². The lowest BCUT2D eigenvalue weighted by molar-refractivity contribution is 0.102. The maximum absolute atomic E-state index is 12.6. The Morgan fingerprint density at radius 2 is 1.88 bits per heavy atom. The fourth-order valence-corrected chi connectivity index (χ4v) is 4.90. The first kappa shape index (κ1) is 19.0. The summed E-state index contributed by atoms with van der Waals surface area (Å²) in [5, 5.41) is 3.54. The first-order valence-electron chi connectivity index (χ1n) is 8.15. The molecule has 0 radical (unpaired) electrons. The maximum atomic E-state index is 12.6. The second-order valence-electron chi connectivity index (χ2n) is 6.17. The van der Waals surface area contributed by atoms with E-state index < -0.39 is 10.0 Å². The number of hydrogen-bond acceptors (Lipinski definition) is 3. The number of halogens is 2. The maximum Gasteiger partial charge on any atom is 0.255 e. The number of carbonyl (C=O) groups is 1. The van der Waals surface area contributed by atoms with Crippen LogP contribution in [0.1, 0.15) is 28.8 Å². The van der Waals surface area contributed by atoms with Gasteiger partial charge in [-0.3, -0.25) is 9.10 Å². The van der Waals surface area contributed by atoms with E-state index in [1.54, 1.807) is 36.4 Å². The van der Waals surface area contributed by atoms with Crippen molar-refractivity contribution in [2.75, 3.05) is 21.9 Å². The van der Waals surface area contributed by atoms with Gasteiger partial charge in [-0.2, -0.15) is 0 Å². The summed E-state index contributed by atoms with van der Waals surface area (Å²) >= 11 is 12.0. The number of sulfonamides is 1. The first-order chi connectivity index (χ1) is 12.3. The molecule has 2 aromatic rings. The molecule has 0 unspecified atom stereocenters. The molecule has 0 spiro atoms. The van der Waals surface area contributed by atoms with Gasteiger partial charge in [-0.25, -0.2) is 8.42 Å². The van der Waals surface area contributed by atoms with Gasteiger partial charge in [0.2, 0.25) is 10.0 Å². The largest absolute Gasteiger partial charge is 0.321 e. The molecule has 0 saturated carbocycles. The van der Waals surface area contributed by atoms with Gasteiger partial charge in [-0.05, 0) is 55.7 Å². The van der Waals surface area contributed by atoms with Crippen molar-refractivity contribution in [2.45, 2.75) is 19.8 Å². The highest BCUT2D eigenvalue weighted by molar-refractivity contribution is 7.92. The topological polar surface area (TPSA) is 66.5 Å². The molecule has 1 amide bonds. The number of nitrogens with one attached hydrogen (secondary N) is 1. The zero-order valence-corrected chi connectivity index (χ0v) is 16.5. The monoisotopic (exact) mass is 412 g/mol. The van der Waals surface area contributed by atoms with Gasteiger partial charge in [0.25, 0.3) is 5.91 Å². The Balaban J connectivity index is 1.92. The summed E-state index contributed by atoms with van der Waals surface area (Å²) in [7, 11) is -3.35. The molecule has 26 heavy (non-hydrogen) atoms. The van der Waals surface area contributed by atoms with Crippen molar-refractivity contribution in [1.29, 1.82) is 0 Å². The zero-order valence-electron chi connectivity index (χ0n) is 14.1. The third-order valence-corrected chi connectivity index (χ3v) is 6.69. The Kier molecular flexibility index (Phi) is 5.46. The number of amides is 1. The van der Waals surface area contributed by atoms with Gasteiger partial charge in [0.1, 0.15) is 0 Å². The summed E-state index contributed by atoms with van der Waals surface area (Å²) in [6.45, 7) is 2.25. The second kappa shape index (κ2) is 7.47. The van der Waals surface area contributed by atoms with Crippen molar-refractivity contribution < 1.29 is 13.2 Å². The van der Waals surface area contributed by atoms with Crippen LogP contribution in [0.15, 0.2) is 36.4 Å². The minimum Gasteiger partial charge on any atom is -0.321 e. The summed E-state index contributed by atoms with van der Waals surface area (Å²) < 4.78 is 26.2. The Labute approximate surface area is 163 Å². The van der Waals surface area contributed by atoms with Crippen molar-refractivity contribution in [3.8, 4) is 0 Å². The Morgan fingerprint density at radius 1 is 1.12 bits per heavy atom. The molecule has 1 saturated heterocycles. The number of benzene rings is 2. The van der Waals surface area contributed by atoms with Gasteiger partial charge in [-0.1, -0.05) is 29.3 Å². The highest BCUT2D eigenvalue weighted by Gasteiger charge is 2.27. The molecule has 1 aliphatic heterocycles. The van der Waals surface area contributed by atoms with Crippen LogP contribution in [-0.4, -0.2) is 26.6 Å². The number of aryl methyl sites for hydroxylation is 1. The van der Waals surface area contributed by atoms with Gasteiger partial charge >= 0.3 is 0 Å². The number of rotatable bonds is 3. The average Bonchev–Trinajstić information content (AvgIpc) is 2.58. The van der Waals surface area contributed by atoms with Crippen LogP contribution in [0.4, 0.5) is 11.4 Å². The predicted molar refractivity (Wildman–Crippen MR) is 106 cm³/mol. The molecule has 1 aliphatic rings. The molecule has 2 aromatic carbocycles. The molecule has 0 atom stereocenters. The number of nitrogens with zero attached hydrogens (tertiary/aromatic N) is 1. The summed E-state index contributed by atoms with van der Waals surface area (Å²) in [5.41, 5.74) is 2.08. The first-order valence-corrected chi connectivity index (χ1v) is 10.5. The van der Waals surface area contributed by atoms with Crippen molar-refractivity contribution >= 4 is 50.5 Å². The fourth-order valence-electron chi connectivity index (χ4n) is 2.87. The van der Waals surface area contributed by atoms with E-state index >= 15 is 0 Å². The SMILES string of the molecule is Cc1ccc(C(=O)Nc2cc(Cl)ccc2Cl)cc1N1CCCCS1(=O)=O. The fraction of sp³-hybridized carbons (Fsp3) is 0.278. The molecule has 3 rings (SSSR count). The molecule has 138 valence electrons. The highest BCUT2D eigenvalue weighted by atomic mass is 35.5. The van der Waals surface area contributed by atoms with Gasteiger partial charge in [0, 0.05) is 17.1 Å². The third-order valence-electron chi connectivity index (χ3n) is 4.27. The molecule has 8 heteroatoms. The third kappa shape index (κ3) is 3.98. The molecule has 0 bridgehead atoms. The molecular formula is C18H18Cl2N2O3S. The van der Waals surface area contributed by atoms with E-state index in [2.05, 4.69) is 5.32 Å². The Bertz CT molecular complexity index is 961. The van der Waals surface area contributed by atoms with E-state index in [0.717, 1.165) is 12.0 Å². The van der Waals surface area contributed by atoms with Crippen LogP contribution in [0, 0.1) is 6.92 Å². The van der Waals surface area contributed by atoms with Gasteiger partial charge < -0.3 is 5.32 Å². The van der Waals surface area contributed by atoms with Gasteiger partial charge in [0.05, 0.1) is 22.2 Å². The van der Waals surface area contributed by atoms with Gasteiger partial charge in [0.15, 0.2) is 0 Å². The lowest BCUT2D eigenvalue weighted by atomic mass is 10.1. The van der Waals surface area contributed by atoms with Crippen LogP contribution < -0.4 is 9.62 Å². The average molecular weight is 413 g/mol. The zero-order chi connectivity index (χ0) is 18.9. The number of hydrogen-bond donors (Lipinski definition) is 1. The Morgan fingerprint density at radius 3 is 2.62 bits per heavy atom. The van der Waals surface area contributed by atoms with Crippen LogP contribution in [0.3, 0.4) is 0 Å². The lowest BCUT2D eigenvalue weighted by Gasteiger charge is -2.29. The molecule has 0 aromatic heterocycles. The smallest absolute Gasteiger partial charge is 0.255 e. The second-order valence-corrected chi connectivity index (χ2v) is 9.03. The molecule has 1 fully saturated rings. The standard InChI is InChI=1S/C18H18Cl2N2O3S/c1-12-4-5-13(10-17(12)22-8-2-3-9-26(22,24)25)18(23)21-16-11-14(19)6-7-15(16)20/h4-7,10-11H,2-3,8-9H2,1H3,(H,21,23). The summed E-state index contributed by atoms with van der Waals surface area (Å²) in [4.78, 5) is 12.6. The van der Waals surface area contributed by atoms with E-state index in [1.165, 1.54) is 4.31 Å². The summed E-state index contributed by atoms with van der Waals surface area (Å²) in [5.74, 6) is -0.258. The van der Waals surface area contributed by atoms with Crippen LogP contribution in [-0.2, 0) is 10.0 Å². The lowest BCUT2D eigenvalue weighted by Crippen LogP contribution is -2.38. The summed E-state index contributed by atoms with van der Waals surface area (Å²) in [6, 6.07) is 9.79. The van der Waals surface area contributed by atoms with E-state index in [9.17, 15) is 13.2 Å². The molecular weight excluding hydrogens is 395 g/mol. The van der Waals surface area contributed by atoms with Crippen molar-refractivity contribution in [2.24, 2.45) is 0 Å². The van der Waals surface area contributed by atoms with E-state index in [0.29, 0.717) is 39.9 Å². The van der Waals surface area contributed by atoms with Crippen LogP contribution in [0.5, 0.6) is 0 Å². The minimum absolute atomic E-state index is 0.126. The number of carbonyl (C=O) groups excluding carboxylic acids is 1. The molecule has 1 heterocycles. The molecule has 1 N–H and O–H groups in total. The molecule has 0 aliphatic carbocycles. The highest BCUT2D eigenvalue weighted by Crippen LogP contribution is 2.29. The van der Waals surface area contributed by atoms with Crippen molar-refractivity contribution in [3.05, 3.63) is 57.6 Å². The summed E-state index contributed by atoms with van der Waals surface area (Å²) in [6.07, 6.45) is 1.46. The van der Waals surface area contributed by atoms with Crippen LogP contribution in [0.2, 0.25) is 10.0 Å². The molecule has 5 nitrogen and oxygen atoms in total. The van der Waals surface area contributed by atoms with E-state index in [-0.39, 0.29) is 11.7 Å². The van der Waals surface area contributed by atoms with E-state index in [4.69, 9.17) is 23.2 Å². The quantitative estimate of drug-likeness (QED) is 0.807. The Hall–Kier alpha value is -1.76. The predicted octanol–water partition coefficient (Wildman–Crippen LogP) is 4.48. The van der Waals surface area contributed by atoms with Crippen molar-refractivity contribution in [3.63, 3.8) is 0 Å².